The van der Waals surface area contributed by atoms with Crippen molar-refractivity contribution in [3.63, 3.8) is 0 Å². The molecule has 4 aliphatic rings. The lowest BCUT2D eigenvalue weighted by Gasteiger charge is -2.39. The fourth-order valence-corrected chi connectivity index (χ4v) is 10.7. The number of nitrogens with one attached hydrogen (secondary N) is 7. The Bertz CT molecular complexity index is 2260. The van der Waals surface area contributed by atoms with E-state index in [0.717, 1.165) is 0 Å². The van der Waals surface area contributed by atoms with E-state index in [1.165, 1.54) is 25.7 Å². The molecular formula is C59H107N9O28. The van der Waals surface area contributed by atoms with Gasteiger partial charge in [0.05, 0.1) is 70.5 Å². The van der Waals surface area contributed by atoms with Gasteiger partial charge in [-0.3, -0.25) is 38.5 Å². The van der Waals surface area contributed by atoms with Gasteiger partial charge in [-0.1, -0.05) is 12.8 Å². The van der Waals surface area contributed by atoms with Crippen LogP contribution in [-0.2, 0) is 71.5 Å². The number of hydrogen-bond acceptors (Lipinski definition) is 30. The van der Waals surface area contributed by atoms with Gasteiger partial charge < -0.3 is 147 Å². The largest absolute Gasteiger partial charge is 0.394 e. The van der Waals surface area contributed by atoms with Crippen LogP contribution in [0.2, 0.25) is 0 Å². The van der Waals surface area contributed by atoms with E-state index >= 15 is 0 Å². The van der Waals surface area contributed by atoms with Crippen molar-refractivity contribution < 1.29 is 138 Å². The first-order chi connectivity index (χ1) is 45.7. The normalized spacial score (nSPS) is 31.4. The quantitative estimate of drug-likeness (QED) is 0.0252. The topological polar surface area (TPSA) is 570 Å². The Kier molecular flexibility index (Phi) is 38.8. The number of rotatable bonds is 44. The minimum atomic E-state index is -1.65. The first kappa shape index (κ1) is 83.8. The van der Waals surface area contributed by atoms with Crippen LogP contribution < -0.4 is 43.0 Å². The average molecular weight is 1390 g/mol. The number of unbranched alkanes of at least 4 members (excludes halogenated alkanes) is 5. The zero-order valence-corrected chi connectivity index (χ0v) is 54.8. The summed E-state index contributed by atoms with van der Waals surface area (Å²) in [6.07, 6.45) is -24.3. The lowest BCUT2D eigenvalue weighted by Crippen LogP contribution is -2.59. The number of carbonyl (C=O) groups is 7. The number of nitrogens with zero attached hydrogens (tertiary/aromatic N) is 1. The molecule has 0 saturated carbocycles. The third-order valence-corrected chi connectivity index (χ3v) is 16.5. The van der Waals surface area contributed by atoms with Crippen molar-refractivity contribution in [2.24, 2.45) is 5.73 Å². The monoisotopic (exact) mass is 1390 g/mol. The van der Waals surface area contributed by atoms with Gasteiger partial charge >= 0.3 is 0 Å². The highest BCUT2D eigenvalue weighted by atomic mass is 16.7. The van der Waals surface area contributed by atoms with Crippen LogP contribution in [-0.4, -0.2) is 339 Å². The summed E-state index contributed by atoms with van der Waals surface area (Å²) < 4.78 is 43.7. The summed E-state index contributed by atoms with van der Waals surface area (Å²) in [6.45, 7) is 1.66. The summed E-state index contributed by atoms with van der Waals surface area (Å²) >= 11 is 0. The fourth-order valence-electron chi connectivity index (χ4n) is 10.7. The summed E-state index contributed by atoms with van der Waals surface area (Å²) in [6, 6.07) is -2.37. The number of amides is 7. The van der Waals surface area contributed by atoms with E-state index in [1.807, 2.05) is 0 Å². The van der Waals surface area contributed by atoms with Gasteiger partial charge in [-0.05, 0) is 78.7 Å². The van der Waals surface area contributed by atoms with Crippen LogP contribution in [0.25, 0.3) is 0 Å². The molecule has 0 radical (unpaired) electrons. The van der Waals surface area contributed by atoms with Crippen molar-refractivity contribution in [3.05, 3.63) is 0 Å². The first-order valence-corrected chi connectivity index (χ1v) is 32.9. The van der Waals surface area contributed by atoms with Crippen molar-refractivity contribution in [3.8, 4) is 0 Å². The molecule has 37 heteroatoms. The molecule has 0 spiro atoms. The van der Waals surface area contributed by atoms with Crippen LogP contribution in [0.1, 0.15) is 104 Å². The maximum Gasteiger partial charge on any atom is 0.242 e. The Balaban J connectivity index is 1.36. The van der Waals surface area contributed by atoms with Gasteiger partial charge in [0.1, 0.15) is 85.4 Å². The second-order valence-corrected chi connectivity index (χ2v) is 24.2. The predicted molar refractivity (Wildman–Crippen MR) is 329 cm³/mol. The molecule has 22 N–H and O–H groups in total. The van der Waals surface area contributed by atoms with Crippen LogP contribution in [0.15, 0.2) is 0 Å². The molecule has 7 amide bonds. The first-order valence-electron chi connectivity index (χ1n) is 32.9. The Morgan fingerprint density at radius 1 is 0.396 bits per heavy atom. The Labute approximate surface area is 556 Å². The van der Waals surface area contributed by atoms with Crippen LogP contribution >= 0.6 is 0 Å². The molecule has 4 heterocycles. The predicted octanol–water partition coefficient (Wildman–Crippen LogP) is -9.78. The summed E-state index contributed by atoms with van der Waals surface area (Å²) in [5.41, 5.74) is 5.60. The molecular weight excluding hydrogens is 1280 g/mol. The molecule has 37 nitrogen and oxygen atoms in total. The maximum atomic E-state index is 14.3. The Hall–Kier alpha value is -4.63. The number of hydrogen-bond donors (Lipinski definition) is 21. The number of nitrogens with two attached hydrogens (primary N) is 1. The number of aliphatic hydroxyl groups is 13. The van der Waals surface area contributed by atoms with Gasteiger partial charge in [-0.2, -0.15) is 0 Å². The molecule has 0 aromatic rings. The lowest BCUT2D eigenvalue weighted by atomic mass is 9.99. The maximum absolute atomic E-state index is 14.3. The summed E-state index contributed by atoms with van der Waals surface area (Å²) in [4.78, 5) is 95.2. The Morgan fingerprint density at radius 3 is 1.24 bits per heavy atom. The molecule has 4 rings (SSSR count). The molecule has 4 fully saturated rings. The van der Waals surface area contributed by atoms with E-state index in [9.17, 15) is 99.9 Å². The number of ether oxygens (including phenoxy) is 8. The molecule has 22 atom stereocenters. The van der Waals surface area contributed by atoms with Gasteiger partial charge in [-0.15, -0.1) is 0 Å². The molecule has 96 heavy (non-hydrogen) atoms. The van der Waals surface area contributed by atoms with Gasteiger partial charge in [0.2, 0.25) is 41.4 Å². The standard InChI is InChI=1S/C59H107N9O28/c1-31-42(75)46(79)50(83)56(93-31)89-25-21-63-40(73)28-68(29-41(74)64-22-26-90-57-51(84)47(80)43(76)32(2)94-57)35(55(88)66-23-27-91-58-52(85)48(81)44(77)33(3)95-58)12-8-11-18-61-38(71)16-15-34(67-39(72)14-6-4-9-17-60)54(87)65-19-10-5-7-13-37(70)62-20-24-92-59-53(86)49(82)45(78)36(30-69)96-59/h31-36,42-53,56-59,69,75-86H,4-30,60H2,1-3H3,(H,61,71)(H,62,70)(H,63,73)(H,64,74)(H,65,87)(H,66,88)(H,67,72)/t31-,32-,33-,34-,35-,36+,42+,43+,44+,45+,46+,47+,48+,49-,50-,51-,52-,53-,56+,57+,58+,59-/m0/s1. The van der Waals surface area contributed by atoms with Crippen LogP contribution in [0, 0.1) is 0 Å². The van der Waals surface area contributed by atoms with E-state index in [4.69, 9.17) is 43.6 Å². The van der Waals surface area contributed by atoms with Crippen LogP contribution in [0.4, 0.5) is 0 Å². The molecule has 0 aliphatic carbocycles. The minimum Gasteiger partial charge on any atom is -0.394 e. The molecule has 0 aromatic heterocycles. The summed E-state index contributed by atoms with van der Waals surface area (Å²) in [7, 11) is 0. The third-order valence-electron chi connectivity index (χ3n) is 16.5. The molecule has 556 valence electrons. The number of aliphatic hydroxyl groups excluding tert-OH is 13. The van der Waals surface area contributed by atoms with Gasteiger partial charge in [0.25, 0.3) is 0 Å². The smallest absolute Gasteiger partial charge is 0.242 e. The molecule has 0 unspecified atom stereocenters. The molecule has 0 aromatic carbocycles. The van der Waals surface area contributed by atoms with Crippen molar-refractivity contribution >= 4 is 41.4 Å². The summed E-state index contributed by atoms with van der Waals surface area (Å²) in [5.74, 6) is -3.89. The minimum absolute atomic E-state index is 0.0303. The average Bonchev–Trinajstić information content (AvgIpc) is 0.949. The number of carbonyl (C=O) groups excluding carboxylic acids is 7. The van der Waals surface area contributed by atoms with E-state index in [-0.39, 0.29) is 117 Å². The van der Waals surface area contributed by atoms with E-state index in [2.05, 4.69) is 37.2 Å². The second kappa shape index (κ2) is 44.5. The highest BCUT2D eigenvalue weighted by Crippen LogP contribution is 2.25. The van der Waals surface area contributed by atoms with Crippen molar-refractivity contribution in [2.45, 2.75) is 239 Å². The lowest BCUT2D eigenvalue weighted by molar-refractivity contribution is -0.300. The van der Waals surface area contributed by atoms with E-state index < -0.39 is 190 Å². The van der Waals surface area contributed by atoms with Gasteiger partial charge in [0, 0.05) is 58.5 Å². The van der Waals surface area contributed by atoms with Gasteiger partial charge in [-0.25, -0.2) is 0 Å². The zero-order chi connectivity index (χ0) is 71.0. The molecule has 0 bridgehead atoms. The van der Waals surface area contributed by atoms with Crippen LogP contribution in [0.5, 0.6) is 0 Å². The van der Waals surface area contributed by atoms with Crippen molar-refractivity contribution in [1.82, 2.24) is 42.1 Å². The van der Waals surface area contributed by atoms with Crippen molar-refractivity contribution in [2.75, 3.05) is 91.9 Å². The highest BCUT2D eigenvalue weighted by Gasteiger charge is 2.46. The molecule has 4 saturated heterocycles. The zero-order valence-electron chi connectivity index (χ0n) is 54.8. The third kappa shape index (κ3) is 28.2. The van der Waals surface area contributed by atoms with Crippen molar-refractivity contribution in [1.29, 1.82) is 0 Å². The second-order valence-electron chi connectivity index (χ2n) is 24.2. The highest BCUT2D eigenvalue weighted by molar-refractivity contribution is 5.88. The summed E-state index contributed by atoms with van der Waals surface area (Å²) in [5, 5.41) is 150. The SMILES string of the molecule is C[C@@H]1O[C@@H](OCCNC(=O)CN(CC(=O)NCCO[C@@H]2O[C@@H](C)[C@@H](O)[C@@H](O)[C@@H]2O)[C@@H](CCCCNC(=O)CC[C@H](NC(=O)CCCCCN)C(=O)NCCCCCC(=O)NCCO[C@H]2O[C@H](CO)[C@@H](O)[C@H](O)[C@@H]2O)C(=O)NCCO[C@@H]2O[C@@H](C)[C@@H](O)[C@@H](O)[C@@H]2O)[C@@H](O)[C@H](O)[C@@H]1O. The van der Waals surface area contributed by atoms with E-state index in [1.54, 1.807) is 0 Å². The Morgan fingerprint density at radius 2 is 0.771 bits per heavy atom. The molecule has 4 aliphatic heterocycles. The van der Waals surface area contributed by atoms with E-state index in [0.29, 0.717) is 45.1 Å². The van der Waals surface area contributed by atoms with Gasteiger partial charge in [0.15, 0.2) is 25.2 Å². The van der Waals surface area contributed by atoms with Crippen LogP contribution in [0.3, 0.4) is 0 Å². The fraction of sp³-hybridized carbons (Fsp3) is 0.881.